The quantitative estimate of drug-likeness (QED) is 0.677. The fraction of sp³-hybridized carbons (Fsp3) is 0.529. The second-order valence-electron chi connectivity index (χ2n) is 5.96. The van der Waals surface area contributed by atoms with Crippen LogP contribution in [0.15, 0.2) is 23.1 Å². The third-order valence-corrected chi connectivity index (χ3v) is 4.52. The van der Waals surface area contributed by atoms with Gasteiger partial charge in [0.2, 0.25) is 5.91 Å². The lowest BCUT2D eigenvalue weighted by atomic mass is 9.99. The summed E-state index contributed by atoms with van der Waals surface area (Å²) in [6, 6.07) is 6.22. The number of methoxy groups -OCH3 is 1. The zero-order valence-electron chi connectivity index (χ0n) is 14.1. The minimum absolute atomic E-state index is 0.162. The molecule has 0 aliphatic rings. The van der Waals surface area contributed by atoms with Crippen molar-refractivity contribution in [3.8, 4) is 0 Å². The Morgan fingerprint density at radius 3 is 2.57 bits per heavy atom. The zero-order chi connectivity index (χ0) is 17.5. The number of aliphatic carboxylic acids is 1. The fourth-order valence-corrected chi connectivity index (χ4v) is 3.20. The number of thioether (sulfide) groups is 1. The van der Waals surface area contributed by atoms with Gasteiger partial charge in [-0.1, -0.05) is 6.07 Å². The maximum absolute atomic E-state index is 12.1. The molecule has 0 aromatic heterocycles. The standard InChI is InChI=1S/C17H25NO4S/c1-12-5-6-14(9-13(12)2)23-8-7-15(19)18-17(3,11-22-4)10-16(20)21/h5-6,9H,7-8,10-11H2,1-4H3,(H,18,19)(H,20,21). The highest BCUT2D eigenvalue weighted by molar-refractivity contribution is 7.99. The summed E-state index contributed by atoms with van der Waals surface area (Å²) in [5.41, 5.74) is 1.59. The number of benzene rings is 1. The molecule has 2 N–H and O–H groups in total. The van der Waals surface area contributed by atoms with E-state index in [4.69, 9.17) is 9.84 Å². The van der Waals surface area contributed by atoms with Crippen molar-refractivity contribution in [2.45, 2.75) is 44.0 Å². The predicted molar refractivity (Wildman–Crippen MR) is 91.9 cm³/mol. The third kappa shape index (κ3) is 7.05. The van der Waals surface area contributed by atoms with Crippen LogP contribution in [0.5, 0.6) is 0 Å². The Labute approximate surface area is 141 Å². The molecule has 0 saturated carbocycles. The molecule has 0 fully saturated rings. The number of carbonyl (C=O) groups is 2. The van der Waals surface area contributed by atoms with Crippen molar-refractivity contribution in [3.05, 3.63) is 29.3 Å². The van der Waals surface area contributed by atoms with Gasteiger partial charge in [0, 0.05) is 24.2 Å². The van der Waals surface area contributed by atoms with Gasteiger partial charge in [0.05, 0.1) is 18.6 Å². The molecule has 5 nitrogen and oxygen atoms in total. The van der Waals surface area contributed by atoms with E-state index in [0.29, 0.717) is 12.2 Å². The normalized spacial score (nSPS) is 13.4. The second-order valence-corrected chi connectivity index (χ2v) is 7.13. The molecule has 0 aliphatic carbocycles. The lowest BCUT2D eigenvalue weighted by Gasteiger charge is -2.28. The first-order valence-corrected chi connectivity index (χ1v) is 8.46. The summed E-state index contributed by atoms with van der Waals surface area (Å²) in [5.74, 6) is -0.485. The van der Waals surface area contributed by atoms with Crippen LogP contribution in [0.25, 0.3) is 0 Å². The monoisotopic (exact) mass is 339 g/mol. The van der Waals surface area contributed by atoms with Crippen molar-refractivity contribution in [3.63, 3.8) is 0 Å². The van der Waals surface area contributed by atoms with Gasteiger partial charge in [0.25, 0.3) is 0 Å². The summed E-state index contributed by atoms with van der Waals surface area (Å²) in [5, 5.41) is 11.7. The summed E-state index contributed by atoms with van der Waals surface area (Å²) in [6.45, 7) is 5.97. The van der Waals surface area contributed by atoms with Crippen LogP contribution in [0.3, 0.4) is 0 Å². The van der Waals surface area contributed by atoms with Crippen molar-refractivity contribution >= 4 is 23.6 Å². The molecule has 1 aromatic rings. The van der Waals surface area contributed by atoms with Crippen LogP contribution in [0, 0.1) is 13.8 Å². The van der Waals surface area contributed by atoms with Crippen molar-refractivity contribution in [2.24, 2.45) is 0 Å². The van der Waals surface area contributed by atoms with Gasteiger partial charge in [0.15, 0.2) is 0 Å². The molecule has 0 saturated heterocycles. The first-order valence-electron chi connectivity index (χ1n) is 7.47. The van der Waals surface area contributed by atoms with Gasteiger partial charge in [-0.05, 0) is 44.0 Å². The lowest BCUT2D eigenvalue weighted by molar-refractivity contribution is -0.139. The van der Waals surface area contributed by atoms with Gasteiger partial charge in [-0.15, -0.1) is 11.8 Å². The maximum atomic E-state index is 12.1. The molecule has 1 unspecified atom stereocenters. The first-order chi connectivity index (χ1) is 10.8. The number of hydrogen-bond donors (Lipinski definition) is 2. The smallest absolute Gasteiger partial charge is 0.305 e. The van der Waals surface area contributed by atoms with E-state index in [2.05, 4.69) is 31.3 Å². The topological polar surface area (TPSA) is 75.6 Å². The number of carboxylic acids is 1. The average molecular weight is 339 g/mol. The van der Waals surface area contributed by atoms with Crippen molar-refractivity contribution in [2.75, 3.05) is 19.5 Å². The molecule has 0 bridgehead atoms. The van der Waals surface area contributed by atoms with E-state index in [0.717, 1.165) is 4.90 Å². The largest absolute Gasteiger partial charge is 0.481 e. The summed E-state index contributed by atoms with van der Waals surface area (Å²) >= 11 is 1.62. The van der Waals surface area contributed by atoms with Crippen LogP contribution in [-0.2, 0) is 14.3 Å². The van der Waals surface area contributed by atoms with Gasteiger partial charge in [-0.25, -0.2) is 0 Å². The van der Waals surface area contributed by atoms with E-state index in [1.807, 2.05) is 6.07 Å². The van der Waals surface area contributed by atoms with Crippen molar-refractivity contribution < 1.29 is 19.4 Å². The molecular formula is C17H25NO4S. The van der Waals surface area contributed by atoms with E-state index >= 15 is 0 Å². The Balaban J connectivity index is 2.48. The van der Waals surface area contributed by atoms with Crippen LogP contribution in [0.4, 0.5) is 0 Å². The Morgan fingerprint density at radius 1 is 1.30 bits per heavy atom. The summed E-state index contributed by atoms with van der Waals surface area (Å²) in [7, 11) is 1.49. The van der Waals surface area contributed by atoms with E-state index in [-0.39, 0.29) is 18.9 Å². The first kappa shape index (κ1) is 19.5. The molecule has 1 amide bonds. The van der Waals surface area contributed by atoms with Crippen molar-refractivity contribution in [1.29, 1.82) is 0 Å². The van der Waals surface area contributed by atoms with Crippen molar-refractivity contribution in [1.82, 2.24) is 5.32 Å². The number of nitrogens with one attached hydrogen (secondary N) is 1. The molecule has 0 heterocycles. The molecular weight excluding hydrogens is 314 g/mol. The maximum Gasteiger partial charge on any atom is 0.305 e. The Kier molecular flexibility index (Phi) is 7.58. The highest BCUT2D eigenvalue weighted by Gasteiger charge is 2.29. The van der Waals surface area contributed by atoms with Gasteiger partial charge in [0.1, 0.15) is 0 Å². The minimum Gasteiger partial charge on any atom is -0.481 e. The number of hydrogen-bond acceptors (Lipinski definition) is 4. The van der Waals surface area contributed by atoms with Crippen LogP contribution in [0.2, 0.25) is 0 Å². The summed E-state index contributed by atoms with van der Waals surface area (Å²) in [4.78, 5) is 24.1. The van der Waals surface area contributed by atoms with Crippen LogP contribution in [-0.4, -0.2) is 42.0 Å². The molecule has 128 valence electrons. The highest BCUT2D eigenvalue weighted by Crippen LogP contribution is 2.22. The van der Waals surface area contributed by atoms with E-state index in [1.54, 1.807) is 18.7 Å². The van der Waals surface area contributed by atoms with Gasteiger partial charge in [-0.2, -0.15) is 0 Å². The average Bonchev–Trinajstić information content (AvgIpc) is 2.41. The molecule has 0 spiro atoms. The van der Waals surface area contributed by atoms with Gasteiger partial charge >= 0.3 is 5.97 Å². The minimum atomic E-state index is -0.964. The molecule has 1 rings (SSSR count). The van der Waals surface area contributed by atoms with E-state index < -0.39 is 11.5 Å². The number of amides is 1. The molecule has 6 heteroatoms. The lowest BCUT2D eigenvalue weighted by Crippen LogP contribution is -2.50. The molecule has 23 heavy (non-hydrogen) atoms. The molecule has 1 aromatic carbocycles. The van der Waals surface area contributed by atoms with E-state index in [1.165, 1.54) is 18.2 Å². The zero-order valence-corrected chi connectivity index (χ0v) is 15.0. The Morgan fingerprint density at radius 2 is 2.00 bits per heavy atom. The Hall–Kier alpha value is -1.53. The number of carbonyl (C=O) groups excluding carboxylic acids is 1. The van der Waals surface area contributed by atoms with Crippen LogP contribution >= 0.6 is 11.8 Å². The Bertz CT molecular complexity index is 562. The van der Waals surface area contributed by atoms with Gasteiger partial charge < -0.3 is 15.2 Å². The number of aryl methyl sites for hydroxylation is 2. The molecule has 0 aliphatic heterocycles. The summed E-state index contributed by atoms with van der Waals surface area (Å²) in [6.07, 6.45) is 0.160. The van der Waals surface area contributed by atoms with Crippen LogP contribution in [0.1, 0.15) is 30.9 Å². The fourth-order valence-electron chi connectivity index (χ4n) is 2.25. The predicted octanol–water partition coefficient (Wildman–Crippen LogP) is 2.78. The molecule has 1 atom stereocenters. The summed E-state index contributed by atoms with van der Waals surface area (Å²) < 4.78 is 5.02. The van der Waals surface area contributed by atoms with Gasteiger partial charge in [-0.3, -0.25) is 9.59 Å². The SMILES string of the molecule is COCC(C)(CC(=O)O)NC(=O)CCSc1ccc(C)c(C)c1. The van der Waals surface area contributed by atoms with E-state index in [9.17, 15) is 9.59 Å². The highest BCUT2D eigenvalue weighted by atomic mass is 32.2. The number of carboxylic acid groups (broad SMARTS) is 1. The van der Waals surface area contributed by atoms with Crippen LogP contribution < -0.4 is 5.32 Å². The molecule has 0 radical (unpaired) electrons. The number of rotatable bonds is 9. The number of ether oxygens (including phenoxy) is 1. The third-order valence-electron chi connectivity index (χ3n) is 3.52. The second kappa shape index (κ2) is 8.93.